The first-order chi connectivity index (χ1) is 4.81. The third kappa shape index (κ3) is 5.53. The molecule has 0 aliphatic carbocycles. The van der Waals surface area contributed by atoms with Gasteiger partial charge in [0.15, 0.2) is 0 Å². The van der Waals surface area contributed by atoms with E-state index >= 15 is 0 Å². The van der Waals surface area contributed by atoms with Gasteiger partial charge in [-0.25, -0.2) is 0 Å². The highest BCUT2D eigenvalue weighted by Crippen LogP contribution is 1.90. The average molecular weight is 146 g/mol. The van der Waals surface area contributed by atoms with Gasteiger partial charge in [-0.2, -0.15) is 0 Å². The molecule has 3 N–H and O–H groups in total. The fourth-order valence-electron chi connectivity index (χ4n) is 0.677. The maximum atomic E-state index is 8.95. The van der Waals surface area contributed by atoms with Gasteiger partial charge in [0.1, 0.15) is 0 Å². The Balaban J connectivity index is 0.000000180. The van der Waals surface area contributed by atoms with Crippen LogP contribution in [-0.4, -0.2) is 32.7 Å². The summed E-state index contributed by atoms with van der Waals surface area (Å²) < 4.78 is 3.86. The van der Waals surface area contributed by atoms with E-state index in [1.807, 2.05) is 0 Å². The summed E-state index contributed by atoms with van der Waals surface area (Å²) in [5.74, 6) is 0. The SMILES string of the molecule is COC=O.N[C@@H]1CCNC1. The molecule has 0 spiro atoms. The van der Waals surface area contributed by atoms with E-state index in [9.17, 15) is 0 Å². The minimum absolute atomic E-state index is 0.375. The lowest BCUT2D eigenvalue weighted by molar-refractivity contribution is -0.126. The van der Waals surface area contributed by atoms with Crippen LogP contribution in [0.2, 0.25) is 0 Å². The molecule has 10 heavy (non-hydrogen) atoms. The minimum Gasteiger partial charge on any atom is -0.471 e. The molecular formula is C6H14N2O2. The zero-order valence-electron chi connectivity index (χ0n) is 6.17. The minimum atomic E-state index is 0.375. The normalized spacial score (nSPS) is 22.8. The number of rotatable bonds is 1. The predicted octanol–water partition coefficient (Wildman–Crippen LogP) is -0.904. The maximum absolute atomic E-state index is 8.95. The van der Waals surface area contributed by atoms with Gasteiger partial charge in [-0.3, -0.25) is 4.79 Å². The molecule has 1 aliphatic rings. The van der Waals surface area contributed by atoms with E-state index in [-0.39, 0.29) is 0 Å². The lowest BCUT2D eigenvalue weighted by Gasteiger charge is -1.91. The first kappa shape index (κ1) is 9.39. The number of methoxy groups -OCH3 is 1. The monoisotopic (exact) mass is 146 g/mol. The van der Waals surface area contributed by atoms with E-state index in [0.717, 1.165) is 19.5 Å². The summed E-state index contributed by atoms with van der Waals surface area (Å²) in [5.41, 5.74) is 5.47. The van der Waals surface area contributed by atoms with Crippen LogP contribution in [0.4, 0.5) is 0 Å². The van der Waals surface area contributed by atoms with Crippen LogP contribution in [0.3, 0.4) is 0 Å². The van der Waals surface area contributed by atoms with E-state index in [1.54, 1.807) is 0 Å². The highest BCUT2D eigenvalue weighted by Gasteiger charge is 2.06. The number of carbonyl (C=O) groups excluding carboxylic acids is 1. The first-order valence-corrected chi connectivity index (χ1v) is 3.24. The molecule has 1 aliphatic heterocycles. The second-order valence-corrected chi connectivity index (χ2v) is 2.08. The molecule has 4 nitrogen and oxygen atoms in total. The zero-order valence-corrected chi connectivity index (χ0v) is 6.17. The topological polar surface area (TPSA) is 64.3 Å². The Morgan fingerprint density at radius 3 is 2.50 bits per heavy atom. The molecule has 0 radical (unpaired) electrons. The Labute approximate surface area is 60.7 Å². The Kier molecular flexibility index (Phi) is 6.11. The highest BCUT2D eigenvalue weighted by atomic mass is 16.5. The molecule has 0 amide bonds. The molecule has 1 rings (SSSR count). The predicted molar refractivity (Wildman–Crippen MR) is 38.5 cm³/mol. The smallest absolute Gasteiger partial charge is 0.292 e. The van der Waals surface area contributed by atoms with Crippen LogP contribution in [0.1, 0.15) is 6.42 Å². The van der Waals surface area contributed by atoms with Crippen molar-refractivity contribution in [2.75, 3.05) is 20.2 Å². The Hall–Kier alpha value is -0.610. The summed E-state index contributed by atoms with van der Waals surface area (Å²) in [6.45, 7) is 2.50. The molecule has 0 unspecified atom stereocenters. The van der Waals surface area contributed by atoms with Crippen LogP contribution < -0.4 is 11.1 Å². The number of hydrogen-bond acceptors (Lipinski definition) is 4. The van der Waals surface area contributed by atoms with E-state index in [0.29, 0.717) is 12.5 Å². The molecule has 1 heterocycles. The van der Waals surface area contributed by atoms with Gasteiger partial charge < -0.3 is 15.8 Å². The number of hydrogen-bond donors (Lipinski definition) is 2. The lowest BCUT2D eigenvalue weighted by Crippen LogP contribution is -2.21. The second kappa shape index (κ2) is 6.51. The van der Waals surface area contributed by atoms with Crippen molar-refractivity contribution in [3.63, 3.8) is 0 Å². The van der Waals surface area contributed by atoms with Crippen molar-refractivity contribution in [1.82, 2.24) is 5.32 Å². The average Bonchev–Trinajstić information content (AvgIpc) is 2.40. The van der Waals surface area contributed by atoms with E-state index < -0.39 is 0 Å². The third-order valence-corrected chi connectivity index (χ3v) is 1.19. The van der Waals surface area contributed by atoms with Crippen molar-refractivity contribution in [3.8, 4) is 0 Å². The number of nitrogens with two attached hydrogens (primary N) is 1. The summed E-state index contributed by atoms with van der Waals surface area (Å²) in [5, 5.41) is 3.15. The molecule has 0 saturated carbocycles. The Morgan fingerprint density at radius 1 is 1.80 bits per heavy atom. The van der Waals surface area contributed by atoms with Gasteiger partial charge in [0.05, 0.1) is 7.11 Å². The van der Waals surface area contributed by atoms with Crippen molar-refractivity contribution >= 4 is 6.47 Å². The number of carbonyl (C=O) groups is 1. The van der Waals surface area contributed by atoms with Crippen molar-refractivity contribution in [3.05, 3.63) is 0 Å². The van der Waals surface area contributed by atoms with E-state index in [4.69, 9.17) is 10.5 Å². The molecule has 0 aromatic carbocycles. The standard InChI is InChI=1S/C4H10N2.C2H4O2/c5-4-1-2-6-3-4;1-4-2-3/h4,6H,1-3,5H2;2H,1H3/t4-;/m1./s1. The Bertz CT molecular complexity index is 81.8. The quantitative estimate of drug-likeness (QED) is 0.470. The lowest BCUT2D eigenvalue weighted by atomic mass is 10.3. The van der Waals surface area contributed by atoms with Crippen LogP contribution in [-0.2, 0) is 9.53 Å². The van der Waals surface area contributed by atoms with Gasteiger partial charge in [-0.15, -0.1) is 0 Å². The third-order valence-electron chi connectivity index (χ3n) is 1.19. The molecule has 0 aromatic rings. The molecule has 4 heteroatoms. The van der Waals surface area contributed by atoms with Gasteiger partial charge in [0.25, 0.3) is 6.47 Å². The summed E-state index contributed by atoms with van der Waals surface area (Å²) >= 11 is 0. The van der Waals surface area contributed by atoms with Crippen molar-refractivity contribution in [2.24, 2.45) is 5.73 Å². The molecule has 0 bridgehead atoms. The van der Waals surface area contributed by atoms with Crippen molar-refractivity contribution in [2.45, 2.75) is 12.5 Å². The van der Waals surface area contributed by atoms with Crippen LogP contribution >= 0.6 is 0 Å². The van der Waals surface area contributed by atoms with Gasteiger partial charge in [-0.05, 0) is 13.0 Å². The molecule has 1 atom stereocenters. The van der Waals surface area contributed by atoms with Crippen LogP contribution in [0.25, 0.3) is 0 Å². The molecule has 1 saturated heterocycles. The fraction of sp³-hybridized carbons (Fsp3) is 0.833. The zero-order chi connectivity index (χ0) is 7.82. The molecule has 1 fully saturated rings. The number of nitrogens with one attached hydrogen (secondary N) is 1. The number of ether oxygens (including phenoxy) is 1. The van der Waals surface area contributed by atoms with Gasteiger partial charge in [0, 0.05) is 12.6 Å². The first-order valence-electron chi connectivity index (χ1n) is 3.24. The van der Waals surface area contributed by atoms with Crippen molar-refractivity contribution in [1.29, 1.82) is 0 Å². The highest BCUT2D eigenvalue weighted by molar-refractivity contribution is 5.36. The van der Waals surface area contributed by atoms with Gasteiger partial charge >= 0.3 is 0 Å². The fourth-order valence-corrected chi connectivity index (χ4v) is 0.677. The summed E-state index contributed by atoms with van der Waals surface area (Å²) in [6, 6.07) is 0.435. The van der Waals surface area contributed by atoms with Gasteiger partial charge in [0.2, 0.25) is 0 Å². The molecule has 0 aromatic heterocycles. The second-order valence-electron chi connectivity index (χ2n) is 2.08. The van der Waals surface area contributed by atoms with Crippen LogP contribution in [0, 0.1) is 0 Å². The van der Waals surface area contributed by atoms with E-state index in [2.05, 4.69) is 10.1 Å². The summed E-state index contributed by atoms with van der Waals surface area (Å²) in [4.78, 5) is 8.95. The van der Waals surface area contributed by atoms with Gasteiger partial charge in [-0.1, -0.05) is 0 Å². The molecule has 60 valence electrons. The molecular weight excluding hydrogens is 132 g/mol. The van der Waals surface area contributed by atoms with Crippen molar-refractivity contribution < 1.29 is 9.53 Å². The van der Waals surface area contributed by atoms with Crippen LogP contribution in [0.15, 0.2) is 0 Å². The van der Waals surface area contributed by atoms with E-state index in [1.165, 1.54) is 7.11 Å². The summed E-state index contributed by atoms with van der Waals surface area (Å²) in [7, 11) is 1.31. The van der Waals surface area contributed by atoms with Crippen LogP contribution in [0.5, 0.6) is 0 Å². The largest absolute Gasteiger partial charge is 0.471 e. The Morgan fingerprint density at radius 2 is 2.40 bits per heavy atom. The summed E-state index contributed by atoms with van der Waals surface area (Å²) in [6.07, 6.45) is 1.15. The maximum Gasteiger partial charge on any atom is 0.292 e.